The lowest BCUT2D eigenvalue weighted by molar-refractivity contribution is -0.137. The zero-order valence-corrected chi connectivity index (χ0v) is 24.7. The number of ether oxygens (including phenoxy) is 1. The van der Waals surface area contributed by atoms with Gasteiger partial charge in [0, 0.05) is 42.8 Å². The third-order valence-corrected chi connectivity index (χ3v) is 6.53. The van der Waals surface area contributed by atoms with Gasteiger partial charge in [-0.05, 0) is 64.8 Å². The van der Waals surface area contributed by atoms with Gasteiger partial charge in [-0.1, -0.05) is 25.4 Å². The molecule has 0 saturated carbocycles. The van der Waals surface area contributed by atoms with Crippen LogP contribution in [0.15, 0.2) is 12.1 Å². The second kappa shape index (κ2) is 11.7. The highest BCUT2D eigenvalue weighted by Gasteiger charge is 2.38. The van der Waals surface area contributed by atoms with Gasteiger partial charge >= 0.3 is 18.3 Å². The van der Waals surface area contributed by atoms with E-state index in [4.69, 9.17) is 16.3 Å². The minimum Gasteiger partial charge on any atom is -0.444 e. The van der Waals surface area contributed by atoms with Gasteiger partial charge in [-0.15, -0.1) is 0 Å². The molecule has 0 N–H and O–H groups in total. The number of nitrogens with zero attached hydrogens (tertiary/aromatic N) is 5. The summed E-state index contributed by atoms with van der Waals surface area (Å²) in [7, 11) is 0. The van der Waals surface area contributed by atoms with Gasteiger partial charge in [0.05, 0.1) is 21.8 Å². The standard InChI is InChI=1S/C26H28ClF4N5O2.C2H6/c1-13-11-14(2)32-21(19(13)26(29,30)31)18-15(3)20-16(12-17(18)27)22(34-23(28)33-20)35-7-9-36(10-8-35)24(37)38-25(4,5)6;1-2/h11-12H,7-10H2,1-6H3;1-2H3. The number of halogens is 5. The SMILES string of the molecule is CC.Cc1cc(C)c(C(F)(F)F)c(-c2c(Cl)cc3c(N4CCN(C(=O)OC(C)(C)C)CC4)nc(F)nc3c2C)n1. The number of fused-ring (bicyclic) bond motifs is 1. The van der Waals surface area contributed by atoms with Crippen molar-refractivity contribution in [2.75, 3.05) is 31.1 Å². The van der Waals surface area contributed by atoms with E-state index >= 15 is 0 Å². The molecule has 1 fully saturated rings. The Bertz CT molecular complexity index is 1420. The van der Waals surface area contributed by atoms with Gasteiger partial charge in [0.25, 0.3) is 0 Å². The van der Waals surface area contributed by atoms with E-state index in [0.29, 0.717) is 37.3 Å². The number of carbonyl (C=O) groups is 1. The average molecular weight is 584 g/mol. The molecule has 2 aromatic heterocycles. The molecule has 0 atom stereocenters. The highest BCUT2D eigenvalue weighted by Crippen LogP contribution is 2.44. The molecule has 1 aliphatic heterocycles. The molecule has 0 radical (unpaired) electrons. The summed E-state index contributed by atoms with van der Waals surface area (Å²) in [6.07, 6.45) is -6.15. The number of piperazine rings is 1. The molecule has 0 aliphatic carbocycles. The Morgan fingerprint density at radius 2 is 1.57 bits per heavy atom. The minimum absolute atomic E-state index is 0.00739. The Balaban J connectivity index is 0.00000216. The van der Waals surface area contributed by atoms with Crippen molar-refractivity contribution in [3.8, 4) is 11.3 Å². The van der Waals surface area contributed by atoms with Gasteiger partial charge in [0.2, 0.25) is 0 Å². The molecule has 1 aromatic carbocycles. The molecule has 7 nitrogen and oxygen atoms in total. The summed E-state index contributed by atoms with van der Waals surface area (Å²) in [6.45, 7) is 15.1. The number of anilines is 1. The molecule has 0 bridgehead atoms. The quantitative estimate of drug-likeness (QED) is 0.230. The van der Waals surface area contributed by atoms with Crippen molar-refractivity contribution in [2.24, 2.45) is 0 Å². The van der Waals surface area contributed by atoms with Crippen LogP contribution in [-0.4, -0.2) is 57.7 Å². The third kappa shape index (κ3) is 6.56. The van der Waals surface area contributed by atoms with Crippen LogP contribution in [0.3, 0.4) is 0 Å². The Kier molecular flexibility index (Phi) is 9.18. The smallest absolute Gasteiger partial charge is 0.418 e. The van der Waals surface area contributed by atoms with Gasteiger partial charge in [0.15, 0.2) is 0 Å². The Labute approximate surface area is 236 Å². The van der Waals surface area contributed by atoms with E-state index in [0.717, 1.165) is 0 Å². The molecule has 1 amide bonds. The molecule has 12 heteroatoms. The first kappa shape index (κ1) is 31.3. The maximum absolute atomic E-state index is 14.7. The lowest BCUT2D eigenvalue weighted by Crippen LogP contribution is -2.50. The number of carbonyl (C=O) groups excluding carboxylic acids is 1. The zero-order chi connectivity index (χ0) is 30.2. The van der Waals surface area contributed by atoms with E-state index in [-0.39, 0.29) is 38.7 Å². The van der Waals surface area contributed by atoms with Crippen LogP contribution < -0.4 is 4.90 Å². The van der Waals surface area contributed by atoms with Gasteiger partial charge in [-0.3, -0.25) is 4.98 Å². The summed E-state index contributed by atoms with van der Waals surface area (Å²) < 4.78 is 62.2. The molecule has 3 aromatic rings. The van der Waals surface area contributed by atoms with Crippen molar-refractivity contribution in [1.82, 2.24) is 19.9 Å². The van der Waals surface area contributed by atoms with E-state index in [1.165, 1.54) is 19.1 Å². The van der Waals surface area contributed by atoms with Crippen LogP contribution in [0.4, 0.5) is 28.2 Å². The third-order valence-electron chi connectivity index (χ3n) is 6.23. The number of amides is 1. The number of pyridine rings is 1. The lowest BCUT2D eigenvalue weighted by atomic mass is 9.95. The van der Waals surface area contributed by atoms with E-state index in [9.17, 15) is 22.4 Å². The fourth-order valence-corrected chi connectivity index (χ4v) is 5.02. The number of aromatic nitrogens is 3. The van der Waals surface area contributed by atoms with Crippen molar-refractivity contribution in [1.29, 1.82) is 0 Å². The predicted octanol–water partition coefficient (Wildman–Crippen LogP) is 7.51. The first-order valence-corrected chi connectivity index (χ1v) is 13.4. The predicted molar refractivity (Wildman–Crippen MR) is 148 cm³/mol. The van der Waals surface area contributed by atoms with Crippen LogP contribution in [0.1, 0.15) is 57.0 Å². The maximum Gasteiger partial charge on any atom is 0.418 e. The summed E-state index contributed by atoms with van der Waals surface area (Å²) in [6, 6.07) is 2.81. The molecular formula is C28H34ClF4N5O2. The highest BCUT2D eigenvalue weighted by molar-refractivity contribution is 6.34. The van der Waals surface area contributed by atoms with E-state index in [2.05, 4.69) is 15.0 Å². The van der Waals surface area contributed by atoms with Crippen LogP contribution in [-0.2, 0) is 10.9 Å². The number of aryl methyl sites for hydroxylation is 3. The number of benzene rings is 1. The number of alkyl halides is 3. The molecule has 40 heavy (non-hydrogen) atoms. The van der Waals surface area contributed by atoms with Gasteiger partial charge in [0.1, 0.15) is 11.4 Å². The van der Waals surface area contributed by atoms with Crippen molar-refractivity contribution in [2.45, 2.75) is 67.2 Å². The lowest BCUT2D eigenvalue weighted by Gasteiger charge is -2.36. The van der Waals surface area contributed by atoms with Crippen LogP contribution >= 0.6 is 11.6 Å². The monoisotopic (exact) mass is 583 g/mol. The maximum atomic E-state index is 14.7. The highest BCUT2D eigenvalue weighted by atomic mass is 35.5. The van der Waals surface area contributed by atoms with Gasteiger partial charge in [-0.25, -0.2) is 9.78 Å². The molecule has 0 spiro atoms. The summed E-state index contributed by atoms with van der Waals surface area (Å²) in [4.78, 5) is 27.9. The van der Waals surface area contributed by atoms with Gasteiger partial charge in [-0.2, -0.15) is 22.5 Å². The summed E-state index contributed by atoms with van der Waals surface area (Å²) in [5.74, 6) is 0.248. The Morgan fingerprint density at radius 3 is 2.12 bits per heavy atom. The largest absolute Gasteiger partial charge is 0.444 e. The fraction of sp³-hybridized carbons (Fsp3) is 0.500. The topological polar surface area (TPSA) is 71.5 Å². The van der Waals surface area contributed by atoms with Crippen molar-refractivity contribution in [3.63, 3.8) is 0 Å². The normalized spacial score (nSPS) is 14.2. The molecule has 3 heterocycles. The van der Waals surface area contributed by atoms with Gasteiger partial charge < -0.3 is 14.5 Å². The molecule has 1 aliphatic rings. The van der Waals surface area contributed by atoms with Crippen molar-refractivity contribution in [3.05, 3.63) is 45.6 Å². The van der Waals surface area contributed by atoms with E-state index < -0.39 is 29.5 Å². The summed E-state index contributed by atoms with van der Waals surface area (Å²) in [5.41, 5.74) is -1.04. The van der Waals surface area contributed by atoms with Crippen LogP contribution in [0.25, 0.3) is 22.2 Å². The molecule has 4 rings (SSSR count). The molecule has 218 valence electrons. The second-order valence-corrected chi connectivity index (χ2v) is 10.7. The summed E-state index contributed by atoms with van der Waals surface area (Å²) >= 11 is 6.60. The average Bonchev–Trinajstić information content (AvgIpc) is 2.83. The number of rotatable bonds is 2. The van der Waals surface area contributed by atoms with Crippen molar-refractivity contribution >= 4 is 34.4 Å². The van der Waals surface area contributed by atoms with Crippen LogP contribution in [0.5, 0.6) is 0 Å². The zero-order valence-electron chi connectivity index (χ0n) is 23.9. The fourth-order valence-electron chi connectivity index (χ4n) is 4.68. The second-order valence-electron chi connectivity index (χ2n) is 10.3. The first-order chi connectivity index (χ1) is 18.6. The summed E-state index contributed by atoms with van der Waals surface area (Å²) in [5, 5.41) is 0.406. The van der Waals surface area contributed by atoms with Crippen LogP contribution in [0.2, 0.25) is 5.02 Å². The van der Waals surface area contributed by atoms with Crippen LogP contribution in [0, 0.1) is 26.8 Å². The Hall–Kier alpha value is -3.21. The number of hydrogen-bond donors (Lipinski definition) is 0. The Morgan fingerprint density at radius 1 is 0.975 bits per heavy atom. The molecule has 1 saturated heterocycles. The first-order valence-electron chi connectivity index (χ1n) is 13.0. The minimum atomic E-state index is -4.68. The molecule has 0 unspecified atom stereocenters. The van der Waals surface area contributed by atoms with E-state index in [1.54, 1.807) is 44.4 Å². The van der Waals surface area contributed by atoms with E-state index in [1.807, 2.05) is 13.8 Å². The number of hydrogen-bond acceptors (Lipinski definition) is 6. The molecular weight excluding hydrogens is 550 g/mol. The van der Waals surface area contributed by atoms with Crippen molar-refractivity contribution < 1.29 is 27.1 Å².